The zero-order valence-corrected chi connectivity index (χ0v) is 8.23. The van der Waals surface area contributed by atoms with Gasteiger partial charge in [-0.2, -0.15) is 0 Å². The van der Waals surface area contributed by atoms with E-state index in [9.17, 15) is 0 Å². The predicted molar refractivity (Wildman–Crippen MR) is 22.0 cm³/mol. The SMILES string of the molecule is O=S(=O)([O-])[O-].[Cl-].[Mg+2].[Mg+2]. The third-order valence-electron chi connectivity index (χ3n) is 0. The summed E-state index contributed by atoms with van der Waals surface area (Å²) in [6, 6.07) is 0. The molecule has 0 radical (unpaired) electrons. The minimum Gasteiger partial charge on any atom is -1.00 e. The first-order chi connectivity index (χ1) is 2.00. The van der Waals surface area contributed by atoms with Gasteiger partial charge in [-0.1, -0.05) is 0 Å². The molecule has 0 N–H and O–H groups in total. The van der Waals surface area contributed by atoms with Crippen molar-refractivity contribution in [1.82, 2.24) is 0 Å². The molecule has 0 saturated carbocycles. The number of hydrogen-bond acceptors (Lipinski definition) is 4. The van der Waals surface area contributed by atoms with Crippen molar-refractivity contribution in [2.75, 3.05) is 0 Å². The molecule has 0 aromatic carbocycles. The first kappa shape index (κ1) is 22.6. The average Bonchev–Trinajstić information content (AvgIpc) is 0.722. The molecule has 0 amide bonds. The van der Waals surface area contributed by atoms with Gasteiger partial charge in [-0.05, 0) is 0 Å². The van der Waals surface area contributed by atoms with Crippen LogP contribution in [0.1, 0.15) is 0 Å². The van der Waals surface area contributed by atoms with Gasteiger partial charge in [-0.3, -0.25) is 8.42 Å². The Morgan fingerprint density at radius 1 is 1.00 bits per heavy atom. The van der Waals surface area contributed by atoms with E-state index in [-0.39, 0.29) is 58.5 Å². The van der Waals surface area contributed by atoms with Crippen LogP contribution < -0.4 is 12.4 Å². The summed E-state index contributed by atoms with van der Waals surface area (Å²) in [7, 11) is -5.17. The molecule has 8 heteroatoms. The van der Waals surface area contributed by atoms with Gasteiger partial charge >= 0.3 is 46.1 Å². The van der Waals surface area contributed by atoms with E-state index in [1.165, 1.54) is 0 Å². The second-order valence-electron chi connectivity index (χ2n) is 0.408. The zero-order valence-electron chi connectivity index (χ0n) is 3.83. The normalized spacial score (nSPS) is 7.25. The number of halogens is 1. The molecule has 0 heterocycles. The van der Waals surface area contributed by atoms with Crippen LogP contribution in [0.15, 0.2) is 0 Å². The van der Waals surface area contributed by atoms with Gasteiger partial charge < -0.3 is 21.5 Å². The van der Waals surface area contributed by atoms with E-state index in [4.69, 9.17) is 17.5 Å². The Morgan fingerprint density at radius 3 is 1.00 bits per heavy atom. The fraction of sp³-hybridized carbons (Fsp3) is 0. The summed E-state index contributed by atoms with van der Waals surface area (Å²) in [5.74, 6) is 0. The maximum absolute atomic E-state index is 8.52. The Hall–Kier alpha value is 1.69. The maximum Gasteiger partial charge on any atom is 2.00 e. The first-order valence-corrected chi connectivity index (χ1v) is 2.00. The van der Waals surface area contributed by atoms with Crippen LogP contribution in [0.25, 0.3) is 0 Å². The molecule has 0 aliphatic heterocycles. The number of hydrogen-bond donors (Lipinski definition) is 0. The van der Waals surface area contributed by atoms with E-state index in [1.54, 1.807) is 0 Å². The summed E-state index contributed by atoms with van der Waals surface area (Å²) in [5.41, 5.74) is 0. The molecule has 0 saturated heterocycles. The van der Waals surface area contributed by atoms with Crippen molar-refractivity contribution >= 4 is 56.5 Å². The Morgan fingerprint density at radius 2 is 1.00 bits per heavy atom. The van der Waals surface area contributed by atoms with E-state index in [0.29, 0.717) is 0 Å². The molecule has 8 heavy (non-hydrogen) atoms. The molecule has 0 aliphatic carbocycles. The molecule has 0 aromatic rings. The molecule has 0 rings (SSSR count). The van der Waals surface area contributed by atoms with E-state index in [2.05, 4.69) is 0 Å². The van der Waals surface area contributed by atoms with Gasteiger partial charge in [0.05, 0.1) is 0 Å². The molecule has 0 atom stereocenters. The standard InChI is InChI=1S/ClH.2Mg.H2O4S/c;;;1-5(2,3)4/h1H;;;(H2,1,2,3,4)/q;2*+2;/p-3. The van der Waals surface area contributed by atoms with E-state index < -0.39 is 10.4 Å². The van der Waals surface area contributed by atoms with Crippen molar-refractivity contribution in [3.8, 4) is 0 Å². The molecule has 0 bridgehead atoms. The zero-order chi connectivity index (χ0) is 4.50. The quantitative estimate of drug-likeness (QED) is 0.212. The van der Waals surface area contributed by atoms with Crippen molar-refractivity contribution in [2.24, 2.45) is 0 Å². The van der Waals surface area contributed by atoms with Crippen LogP contribution in [-0.2, 0) is 10.4 Å². The molecule has 4 nitrogen and oxygen atoms in total. The van der Waals surface area contributed by atoms with Gasteiger partial charge in [0.1, 0.15) is 0 Å². The van der Waals surface area contributed by atoms with E-state index in [1.807, 2.05) is 0 Å². The number of rotatable bonds is 0. The molecular formula is ClMg2O4S+. The summed E-state index contributed by atoms with van der Waals surface area (Å²) < 4.78 is 34.1. The van der Waals surface area contributed by atoms with Gasteiger partial charge in [0, 0.05) is 10.4 Å². The van der Waals surface area contributed by atoms with Crippen LogP contribution in [0.5, 0.6) is 0 Å². The smallest absolute Gasteiger partial charge is 1.00 e. The average molecular weight is 180 g/mol. The van der Waals surface area contributed by atoms with E-state index >= 15 is 0 Å². The van der Waals surface area contributed by atoms with Crippen molar-refractivity contribution in [1.29, 1.82) is 0 Å². The van der Waals surface area contributed by atoms with Gasteiger partial charge in [0.15, 0.2) is 0 Å². The third-order valence-corrected chi connectivity index (χ3v) is 0. The van der Waals surface area contributed by atoms with Gasteiger partial charge in [-0.15, -0.1) is 0 Å². The van der Waals surface area contributed by atoms with Gasteiger partial charge in [-0.25, -0.2) is 0 Å². The summed E-state index contributed by atoms with van der Waals surface area (Å²) in [6.07, 6.45) is 0. The van der Waals surface area contributed by atoms with Crippen LogP contribution >= 0.6 is 0 Å². The second kappa shape index (κ2) is 8.69. The summed E-state index contributed by atoms with van der Waals surface area (Å²) in [6.45, 7) is 0. The Bertz CT molecular complexity index is 97.2. The van der Waals surface area contributed by atoms with Crippen molar-refractivity contribution in [2.45, 2.75) is 0 Å². The monoisotopic (exact) mass is 179 g/mol. The fourth-order valence-electron chi connectivity index (χ4n) is 0. The Kier molecular flexibility index (Phi) is 24.6. The van der Waals surface area contributed by atoms with Gasteiger partial charge in [0.25, 0.3) is 0 Å². The molecule has 40 valence electrons. The van der Waals surface area contributed by atoms with Crippen LogP contribution in [-0.4, -0.2) is 63.6 Å². The molecule has 0 aromatic heterocycles. The summed E-state index contributed by atoms with van der Waals surface area (Å²) >= 11 is 0. The van der Waals surface area contributed by atoms with Crippen LogP contribution in [0, 0.1) is 0 Å². The predicted octanol–water partition coefficient (Wildman–Crippen LogP) is -5.10. The van der Waals surface area contributed by atoms with Crippen molar-refractivity contribution in [3.63, 3.8) is 0 Å². The van der Waals surface area contributed by atoms with Crippen LogP contribution in [0.4, 0.5) is 0 Å². The Balaban J connectivity index is -0.0000000267. The fourth-order valence-corrected chi connectivity index (χ4v) is 0. The molecule has 0 aliphatic rings. The molecule has 0 unspecified atom stereocenters. The van der Waals surface area contributed by atoms with Crippen LogP contribution in [0.2, 0.25) is 0 Å². The molecule has 0 fully saturated rings. The van der Waals surface area contributed by atoms with E-state index in [0.717, 1.165) is 0 Å². The second-order valence-corrected chi connectivity index (χ2v) is 1.22. The summed E-state index contributed by atoms with van der Waals surface area (Å²) in [5, 5.41) is 0. The minimum atomic E-state index is -5.17. The largest absolute Gasteiger partial charge is 2.00 e. The van der Waals surface area contributed by atoms with Crippen LogP contribution in [0.3, 0.4) is 0 Å². The van der Waals surface area contributed by atoms with Crippen molar-refractivity contribution in [3.05, 3.63) is 0 Å². The summed E-state index contributed by atoms with van der Waals surface area (Å²) in [4.78, 5) is 0. The van der Waals surface area contributed by atoms with Crippen molar-refractivity contribution < 1.29 is 29.9 Å². The Labute approximate surface area is 85.7 Å². The minimum absolute atomic E-state index is 0. The molecule has 0 spiro atoms. The third kappa shape index (κ3) is 120. The molecular weight excluding hydrogens is 180 g/mol. The maximum atomic E-state index is 8.52. The first-order valence-electron chi connectivity index (χ1n) is 0.667. The van der Waals surface area contributed by atoms with Gasteiger partial charge in [0.2, 0.25) is 0 Å². The topological polar surface area (TPSA) is 80.3 Å².